The number of carbonyl (C=O) groups is 2. The van der Waals surface area contributed by atoms with Gasteiger partial charge in [0, 0.05) is 13.0 Å². The van der Waals surface area contributed by atoms with E-state index in [9.17, 15) is 9.59 Å². The number of carbonyl (C=O) groups excluding carboxylic acids is 2. The molecule has 1 aromatic rings. The fourth-order valence-corrected chi connectivity index (χ4v) is 4.82. The van der Waals surface area contributed by atoms with Crippen LogP contribution in [0.15, 0.2) is 12.1 Å². The molecule has 1 saturated carbocycles. The largest absolute Gasteiger partial charge is 0.493 e. The second-order valence-electron chi connectivity index (χ2n) is 6.68. The summed E-state index contributed by atoms with van der Waals surface area (Å²) in [7, 11) is 3.25. The van der Waals surface area contributed by atoms with Crippen LogP contribution in [-0.4, -0.2) is 43.8 Å². The molecule has 0 unspecified atom stereocenters. The molecule has 2 fully saturated rings. The topological polar surface area (TPSA) is 55.8 Å². The third-order valence-electron chi connectivity index (χ3n) is 5.74. The van der Waals surface area contributed by atoms with Crippen molar-refractivity contribution < 1.29 is 19.1 Å². The monoisotopic (exact) mass is 315 g/mol. The minimum Gasteiger partial charge on any atom is -0.493 e. The SMILES string of the molecule is COc1cc2c(cc1OC)[C@]13CCCC(=O)[C@H]1C(=O)CN3CC2. The van der Waals surface area contributed by atoms with Crippen LogP contribution in [-0.2, 0) is 21.5 Å². The standard InChI is InChI=1S/C18H21NO4/c1-22-15-8-11-5-7-19-10-14(21)17-13(20)4-3-6-18(17,19)12(11)9-16(15)23-2/h8-9,17H,3-7,10H2,1-2H3/t17-,18+/m0/s1. The lowest BCUT2D eigenvalue weighted by Crippen LogP contribution is -2.53. The average molecular weight is 315 g/mol. The van der Waals surface area contributed by atoms with Crippen molar-refractivity contribution in [1.82, 2.24) is 4.90 Å². The van der Waals surface area contributed by atoms with Crippen molar-refractivity contribution in [1.29, 1.82) is 0 Å². The van der Waals surface area contributed by atoms with Crippen molar-refractivity contribution in [3.8, 4) is 11.5 Å². The number of ketones is 2. The number of rotatable bonds is 2. The first-order valence-corrected chi connectivity index (χ1v) is 8.17. The molecule has 1 aromatic carbocycles. The van der Waals surface area contributed by atoms with Gasteiger partial charge in [0.15, 0.2) is 17.3 Å². The van der Waals surface area contributed by atoms with Gasteiger partial charge >= 0.3 is 0 Å². The minimum atomic E-state index is -0.506. The van der Waals surface area contributed by atoms with E-state index in [-0.39, 0.29) is 11.6 Å². The van der Waals surface area contributed by atoms with E-state index in [1.165, 1.54) is 5.56 Å². The molecule has 0 bridgehead atoms. The van der Waals surface area contributed by atoms with Crippen molar-refractivity contribution in [3.05, 3.63) is 23.3 Å². The Morgan fingerprint density at radius 2 is 1.83 bits per heavy atom. The lowest BCUT2D eigenvalue weighted by atomic mass is 9.66. The van der Waals surface area contributed by atoms with Gasteiger partial charge in [-0.3, -0.25) is 14.5 Å². The molecule has 3 aliphatic rings. The first-order chi connectivity index (χ1) is 11.1. The average Bonchev–Trinajstić information content (AvgIpc) is 2.87. The Balaban J connectivity index is 1.94. The Morgan fingerprint density at radius 3 is 2.57 bits per heavy atom. The number of ether oxygens (including phenoxy) is 2. The summed E-state index contributed by atoms with van der Waals surface area (Å²) >= 11 is 0. The predicted octanol–water partition coefficient (Wildman–Crippen LogP) is 1.71. The first kappa shape index (κ1) is 14.7. The Labute approximate surface area is 135 Å². The van der Waals surface area contributed by atoms with Crippen LogP contribution in [0.1, 0.15) is 30.4 Å². The highest BCUT2D eigenvalue weighted by molar-refractivity contribution is 6.07. The smallest absolute Gasteiger partial charge is 0.161 e. The Bertz CT molecular complexity index is 699. The van der Waals surface area contributed by atoms with Crippen molar-refractivity contribution >= 4 is 11.6 Å². The molecule has 4 rings (SSSR count). The van der Waals surface area contributed by atoms with E-state index >= 15 is 0 Å². The molecule has 122 valence electrons. The number of nitrogens with zero attached hydrogens (tertiary/aromatic N) is 1. The van der Waals surface area contributed by atoms with Gasteiger partial charge in [0.05, 0.1) is 26.3 Å². The lowest BCUT2D eigenvalue weighted by Gasteiger charge is -2.48. The number of hydrogen-bond acceptors (Lipinski definition) is 5. The van der Waals surface area contributed by atoms with Crippen molar-refractivity contribution in [2.24, 2.45) is 5.92 Å². The molecule has 1 spiro atoms. The summed E-state index contributed by atoms with van der Waals surface area (Å²) in [5.74, 6) is 1.05. The zero-order valence-corrected chi connectivity index (χ0v) is 13.6. The first-order valence-electron chi connectivity index (χ1n) is 8.17. The lowest BCUT2D eigenvalue weighted by molar-refractivity contribution is -0.135. The van der Waals surface area contributed by atoms with Crippen molar-refractivity contribution in [3.63, 3.8) is 0 Å². The van der Waals surface area contributed by atoms with Crippen molar-refractivity contribution in [2.75, 3.05) is 27.3 Å². The normalized spacial score (nSPS) is 29.7. The van der Waals surface area contributed by atoms with Gasteiger partial charge in [0.2, 0.25) is 0 Å². The maximum atomic E-state index is 12.5. The van der Waals surface area contributed by atoms with Crippen LogP contribution in [0, 0.1) is 5.92 Å². The van der Waals surface area contributed by atoms with Crippen LogP contribution in [0.25, 0.3) is 0 Å². The zero-order chi connectivity index (χ0) is 16.2. The van der Waals surface area contributed by atoms with Crippen LogP contribution in [0.3, 0.4) is 0 Å². The molecule has 1 saturated heterocycles. The number of benzene rings is 1. The van der Waals surface area contributed by atoms with Crippen LogP contribution < -0.4 is 9.47 Å². The summed E-state index contributed by atoms with van der Waals surface area (Å²) in [6.07, 6.45) is 3.09. The molecule has 2 atom stereocenters. The molecule has 5 nitrogen and oxygen atoms in total. The molecule has 5 heteroatoms. The highest BCUT2D eigenvalue weighted by Gasteiger charge is 2.60. The molecular formula is C18H21NO4. The van der Waals surface area contributed by atoms with Gasteiger partial charge in [0.25, 0.3) is 0 Å². The molecule has 23 heavy (non-hydrogen) atoms. The van der Waals surface area contributed by atoms with Crippen LogP contribution in [0.5, 0.6) is 11.5 Å². The fourth-order valence-electron chi connectivity index (χ4n) is 4.82. The van der Waals surface area contributed by atoms with E-state index in [0.717, 1.165) is 31.4 Å². The van der Waals surface area contributed by atoms with Gasteiger partial charge in [-0.05, 0) is 42.5 Å². The fraction of sp³-hybridized carbons (Fsp3) is 0.556. The third kappa shape index (κ3) is 1.83. The summed E-state index contributed by atoms with van der Waals surface area (Å²) in [5, 5.41) is 0. The molecule has 1 aliphatic carbocycles. The number of methoxy groups -OCH3 is 2. The maximum absolute atomic E-state index is 12.5. The second-order valence-corrected chi connectivity index (χ2v) is 6.68. The van der Waals surface area contributed by atoms with Gasteiger partial charge in [-0.2, -0.15) is 0 Å². The molecule has 2 heterocycles. The molecular weight excluding hydrogens is 294 g/mol. The van der Waals surface area contributed by atoms with E-state index < -0.39 is 11.5 Å². The molecule has 0 N–H and O–H groups in total. The number of fused-ring (bicyclic) bond motifs is 1. The summed E-state index contributed by atoms with van der Waals surface area (Å²) in [6.45, 7) is 1.21. The zero-order valence-electron chi connectivity index (χ0n) is 13.6. The molecule has 2 aliphatic heterocycles. The predicted molar refractivity (Wildman–Crippen MR) is 83.9 cm³/mol. The molecule has 0 radical (unpaired) electrons. The van der Waals surface area contributed by atoms with Crippen LogP contribution in [0.4, 0.5) is 0 Å². The number of Topliss-reactive ketones (excluding diaryl/α,β-unsaturated/α-hetero) is 2. The summed E-state index contributed by atoms with van der Waals surface area (Å²) in [6, 6.07) is 4.00. The van der Waals surface area contributed by atoms with Gasteiger partial charge in [-0.25, -0.2) is 0 Å². The van der Waals surface area contributed by atoms with Gasteiger partial charge in [0.1, 0.15) is 11.7 Å². The van der Waals surface area contributed by atoms with E-state index in [2.05, 4.69) is 4.90 Å². The summed E-state index contributed by atoms with van der Waals surface area (Å²) < 4.78 is 10.9. The quantitative estimate of drug-likeness (QED) is 0.778. The van der Waals surface area contributed by atoms with E-state index in [0.29, 0.717) is 24.5 Å². The third-order valence-corrected chi connectivity index (χ3v) is 5.74. The highest BCUT2D eigenvalue weighted by atomic mass is 16.5. The Morgan fingerprint density at radius 1 is 1.09 bits per heavy atom. The summed E-state index contributed by atoms with van der Waals surface area (Å²) in [5.41, 5.74) is 1.80. The number of hydrogen-bond donors (Lipinski definition) is 0. The van der Waals surface area contributed by atoms with Gasteiger partial charge < -0.3 is 9.47 Å². The summed E-state index contributed by atoms with van der Waals surface area (Å²) in [4.78, 5) is 27.3. The van der Waals surface area contributed by atoms with E-state index in [1.807, 2.05) is 12.1 Å². The van der Waals surface area contributed by atoms with E-state index in [1.54, 1.807) is 14.2 Å². The molecule has 0 aromatic heterocycles. The Hall–Kier alpha value is -1.88. The van der Waals surface area contributed by atoms with Crippen LogP contribution >= 0.6 is 0 Å². The van der Waals surface area contributed by atoms with Gasteiger partial charge in [-0.15, -0.1) is 0 Å². The minimum absolute atomic E-state index is 0.0809. The molecule has 0 amide bonds. The van der Waals surface area contributed by atoms with Crippen molar-refractivity contribution in [2.45, 2.75) is 31.2 Å². The Kier molecular flexibility index (Phi) is 3.23. The second kappa shape index (κ2) is 5.06. The maximum Gasteiger partial charge on any atom is 0.161 e. The van der Waals surface area contributed by atoms with Crippen LogP contribution in [0.2, 0.25) is 0 Å². The van der Waals surface area contributed by atoms with E-state index in [4.69, 9.17) is 9.47 Å². The highest BCUT2D eigenvalue weighted by Crippen LogP contribution is 2.53. The van der Waals surface area contributed by atoms with Gasteiger partial charge in [-0.1, -0.05) is 0 Å².